The van der Waals surface area contributed by atoms with Crippen molar-refractivity contribution >= 4 is 31.2 Å². The van der Waals surface area contributed by atoms with Gasteiger partial charge in [-0.15, -0.1) is 0 Å². The second-order valence-corrected chi connectivity index (χ2v) is 20.3. The van der Waals surface area contributed by atoms with E-state index in [1.54, 1.807) is 32.7 Å². The smallest absolute Gasteiger partial charge is 0.256 e. The van der Waals surface area contributed by atoms with Gasteiger partial charge in [-0.2, -0.15) is 0 Å². The zero-order valence-corrected chi connectivity index (χ0v) is 33.5. The maximum atomic E-state index is 13.1. The number of amides is 1. The number of hydrogen-bond donors (Lipinski definition) is 1. The fraction of sp³-hybridized carbons (Fsp3) is 0.318. The lowest BCUT2D eigenvalue weighted by Crippen LogP contribution is -2.48. The van der Waals surface area contributed by atoms with Crippen molar-refractivity contribution in [2.45, 2.75) is 75.6 Å². The van der Waals surface area contributed by atoms with Crippen molar-refractivity contribution in [3.63, 3.8) is 0 Å². The minimum absolute atomic E-state index is 0.0289. The number of rotatable bonds is 12. The van der Waals surface area contributed by atoms with Crippen LogP contribution in [-0.2, 0) is 14.8 Å². The molecule has 7 rings (SSSR count). The van der Waals surface area contributed by atoms with E-state index in [4.69, 9.17) is 23.6 Å². The fourth-order valence-electron chi connectivity index (χ4n) is 7.20. The summed E-state index contributed by atoms with van der Waals surface area (Å²) >= 11 is 0. The Bertz CT molecular complexity index is 2170. The average molecular weight is 756 g/mol. The topological polar surface area (TPSA) is 110 Å². The summed E-state index contributed by atoms with van der Waals surface area (Å²) in [5.41, 5.74) is 3.56. The summed E-state index contributed by atoms with van der Waals surface area (Å²) in [5.74, 6) is 1.61. The Morgan fingerprint density at radius 1 is 0.727 bits per heavy atom. The molecule has 0 aliphatic heterocycles. The van der Waals surface area contributed by atoms with Gasteiger partial charge >= 0.3 is 0 Å². The molecule has 0 unspecified atom stereocenters. The molecule has 0 spiro atoms. The van der Waals surface area contributed by atoms with E-state index in [-0.39, 0.29) is 29.2 Å². The summed E-state index contributed by atoms with van der Waals surface area (Å²) in [6, 6.07) is 35.6. The van der Waals surface area contributed by atoms with Crippen molar-refractivity contribution in [1.29, 1.82) is 0 Å². The molecule has 6 aromatic rings. The molecule has 4 aromatic carbocycles. The Hall–Kier alpha value is -5.36. The summed E-state index contributed by atoms with van der Waals surface area (Å²) in [7, 11) is 1.06. The Morgan fingerprint density at radius 2 is 1.27 bits per heavy atom. The predicted molar refractivity (Wildman–Crippen MR) is 217 cm³/mol. The molecule has 1 aliphatic rings. The Kier molecular flexibility index (Phi) is 10.6. The second kappa shape index (κ2) is 15.4. The average Bonchev–Trinajstić information content (AvgIpc) is 3.81. The van der Waals surface area contributed by atoms with Gasteiger partial charge in [0.15, 0.2) is 25.3 Å². The maximum absolute atomic E-state index is 13.1. The molecular formula is C44H49N5O5Si. The highest BCUT2D eigenvalue weighted by Gasteiger charge is 2.49. The van der Waals surface area contributed by atoms with Crippen LogP contribution in [0.25, 0.3) is 11.2 Å². The maximum Gasteiger partial charge on any atom is 0.256 e. The predicted octanol–water partition coefficient (Wildman–Crippen LogP) is 9.20. The van der Waals surface area contributed by atoms with Crippen molar-refractivity contribution in [2.75, 3.05) is 19.5 Å². The number of nitrogens with zero attached hydrogens (tertiary/aromatic N) is 4. The largest absolute Gasteiger partial charge is 0.497 e. The molecule has 1 amide bonds. The number of methoxy groups -OCH3 is 2. The van der Waals surface area contributed by atoms with E-state index >= 15 is 0 Å². The van der Waals surface area contributed by atoms with Gasteiger partial charge in [0, 0.05) is 11.6 Å². The highest BCUT2D eigenvalue weighted by atomic mass is 28.4. The number of aromatic nitrogens is 4. The molecule has 1 aliphatic carbocycles. The lowest BCUT2D eigenvalue weighted by Gasteiger charge is -2.43. The van der Waals surface area contributed by atoms with E-state index in [9.17, 15) is 4.79 Å². The number of benzene rings is 4. The van der Waals surface area contributed by atoms with Gasteiger partial charge in [-0.05, 0) is 84.1 Å². The molecule has 10 nitrogen and oxygen atoms in total. The molecule has 2 aromatic heterocycles. The standard InChI is InChI=1S/C44H49N5O5Si/c1-43(2,3)55(6,7)54-38-27-34(49-29-47-39-40(45-28-46-41(39)49)48-42(50)30-14-10-8-11-15-30)26-37(38)53-44(31-16-12-9-13-17-31,32-18-22-35(51-4)23-19-32)33-20-24-36(52-5)25-21-33/h8-25,28-29,34,37-38H,26-27H2,1-7H3,(H,45,46,48,50)/t34-,37-,38+/m0/s1. The van der Waals surface area contributed by atoms with E-state index in [1.807, 2.05) is 60.7 Å². The van der Waals surface area contributed by atoms with Crippen LogP contribution in [0.3, 0.4) is 0 Å². The van der Waals surface area contributed by atoms with E-state index in [0.29, 0.717) is 35.4 Å². The van der Waals surface area contributed by atoms with Gasteiger partial charge in [0.1, 0.15) is 23.4 Å². The molecule has 1 fully saturated rings. The lowest BCUT2D eigenvalue weighted by molar-refractivity contribution is -0.0853. The Morgan fingerprint density at radius 3 is 1.84 bits per heavy atom. The first kappa shape index (κ1) is 37.9. The van der Waals surface area contributed by atoms with Crippen molar-refractivity contribution in [2.24, 2.45) is 0 Å². The first-order valence-corrected chi connectivity index (χ1v) is 21.6. The summed E-state index contributed by atoms with van der Waals surface area (Å²) in [4.78, 5) is 27.0. The number of anilines is 1. The van der Waals surface area contributed by atoms with Crippen LogP contribution >= 0.6 is 0 Å². The molecule has 0 saturated heterocycles. The fourth-order valence-corrected chi connectivity index (χ4v) is 8.56. The minimum Gasteiger partial charge on any atom is -0.497 e. The first-order valence-electron chi connectivity index (χ1n) is 18.7. The molecular weight excluding hydrogens is 707 g/mol. The zero-order chi connectivity index (χ0) is 38.8. The minimum atomic E-state index is -2.29. The van der Waals surface area contributed by atoms with Crippen LogP contribution in [-0.4, -0.2) is 60.2 Å². The highest BCUT2D eigenvalue weighted by molar-refractivity contribution is 6.74. The number of carbonyl (C=O) groups is 1. The first-order chi connectivity index (χ1) is 26.4. The number of hydrogen-bond acceptors (Lipinski definition) is 8. The highest BCUT2D eigenvalue weighted by Crippen LogP contribution is 2.48. The van der Waals surface area contributed by atoms with Gasteiger partial charge in [-0.3, -0.25) is 4.79 Å². The van der Waals surface area contributed by atoms with Crippen LogP contribution in [0.15, 0.2) is 122 Å². The number of ether oxygens (including phenoxy) is 3. The van der Waals surface area contributed by atoms with Gasteiger partial charge < -0.3 is 28.5 Å². The van der Waals surface area contributed by atoms with Gasteiger partial charge in [0.25, 0.3) is 5.91 Å². The van der Waals surface area contributed by atoms with Gasteiger partial charge in [-0.1, -0.05) is 93.6 Å². The summed E-state index contributed by atoms with van der Waals surface area (Å²) in [5, 5.41) is 2.92. The Balaban J connectivity index is 1.32. The number of imidazole rings is 1. The molecule has 2 heterocycles. The quantitative estimate of drug-likeness (QED) is 0.0973. The SMILES string of the molecule is COc1ccc(C(O[C@H]2C[C@H](n3cnc4c(NC(=O)c5ccccc5)ncnc43)C[C@H]2O[Si](C)(C)C(C)(C)C)(c2ccccc2)c2ccc(OC)cc2)cc1. The second-order valence-electron chi connectivity index (χ2n) is 15.6. The van der Waals surface area contributed by atoms with Crippen LogP contribution in [0.4, 0.5) is 5.82 Å². The summed E-state index contributed by atoms with van der Waals surface area (Å²) in [6.45, 7) is 11.4. The monoisotopic (exact) mass is 755 g/mol. The normalized spacial score (nSPS) is 17.6. The van der Waals surface area contributed by atoms with E-state index in [2.05, 4.69) is 90.1 Å². The van der Waals surface area contributed by atoms with Crippen LogP contribution in [0.1, 0.15) is 66.7 Å². The molecule has 1 saturated carbocycles. The third-order valence-corrected chi connectivity index (χ3v) is 15.7. The van der Waals surface area contributed by atoms with Gasteiger partial charge in [0.2, 0.25) is 0 Å². The summed E-state index contributed by atoms with van der Waals surface area (Å²) < 4.78 is 28.3. The van der Waals surface area contributed by atoms with Crippen molar-refractivity contribution in [3.8, 4) is 11.5 Å². The van der Waals surface area contributed by atoms with Crippen molar-refractivity contribution < 1.29 is 23.4 Å². The zero-order valence-electron chi connectivity index (χ0n) is 32.5. The third kappa shape index (κ3) is 7.52. The van der Waals surface area contributed by atoms with Crippen LogP contribution in [0.5, 0.6) is 11.5 Å². The van der Waals surface area contributed by atoms with E-state index in [0.717, 1.165) is 28.2 Å². The number of carbonyl (C=O) groups excluding carboxylic acids is 1. The summed E-state index contributed by atoms with van der Waals surface area (Å²) in [6.07, 6.45) is 3.98. The molecule has 0 radical (unpaired) electrons. The van der Waals surface area contributed by atoms with Crippen LogP contribution in [0.2, 0.25) is 18.1 Å². The Labute approximate surface area is 324 Å². The molecule has 284 valence electrons. The van der Waals surface area contributed by atoms with Crippen molar-refractivity contribution in [1.82, 2.24) is 19.5 Å². The van der Waals surface area contributed by atoms with E-state index < -0.39 is 13.9 Å². The molecule has 11 heteroatoms. The van der Waals surface area contributed by atoms with Gasteiger partial charge in [-0.25, -0.2) is 15.0 Å². The molecule has 1 N–H and O–H groups in total. The molecule has 3 atom stereocenters. The van der Waals surface area contributed by atoms with Crippen LogP contribution < -0.4 is 14.8 Å². The van der Waals surface area contributed by atoms with Gasteiger partial charge in [0.05, 0.1) is 32.8 Å². The number of nitrogens with one attached hydrogen (secondary N) is 1. The van der Waals surface area contributed by atoms with Crippen molar-refractivity contribution in [3.05, 3.63) is 144 Å². The number of fused-ring (bicyclic) bond motifs is 1. The molecule has 0 bridgehead atoms. The van der Waals surface area contributed by atoms with E-state index in [1.165, 1.54) is 6.33 Å². The third-order valence-electron chi connectivity index (χ3n) is 11.2. The van der Waals surface area contributed by atoms with Crippen LogP contribution in [0, 0.1) is 0 Å². The molecule has 55 heavy (non-hydrogen) atoms. The lowest BCUT2D eigenvalue weighted by atomic mass is 9.79.